The average molecular weight is 299 g/mol. The Morgan fingerprint density at radius 3 is 2.55 bits per heavy atom. The van der Waals surface area contributed by atoms with Crippen LogP contribution in [0.4, 0.5) is 4.79 Å². The number of benzene rings is 1. The van der Waals surface area contributed by atoms with Crippen LogP contribution in [0.3, 0.4) is 0 Å². The Balaban J connectivity index is 2.17. The van der Waals surface area contributed by atoms with Crippen LogP contribution in [-0.2, 0) is 6.42 Å². The van der Waals surface area contributed by atoms with E-state index in [0.29, 0.717) is 6.54 Å². The maximum absolute atomic E-state index is 11.6. The van der Waals surface area contributed by atoms with Gasteiger partial charge in [-0.05, 0) is 43.4 Å². The Labute approximate surface area is 125 Å². The van der Waals surface area contributed by atoms with Crippen LogP contribution in [-0.4, -0.2) is 30.3 Å². The highest BCUT2D eigenvalue weighted by Crippen LogP contribution is 2.10. The average Bonchev–Trinajstić information content (AvgIpc) is 2.44. The van der Waals surface area contributed by atoms with E-state index in [2.05, 4.69) is 10.6 Å². The molecule has 2 unspecified atom stereocenters. The normalized spacial score (nSPS) is 13.6. The van der Waals surface area contributed by atoms with Gasteiger partial charge in [0.25, 0.3) is 0 Å². The van der Waals surface area contributed by atoms with E-state index in [1.165, 1.54) is 5.56 Å². The molecular formula is C15H23ClN2O2. The molecule has 0 saturated heterocycles. The zero-order valence-corrected chi connectivity index (χ0v) is 12.8. The van der Waals surface area contributed by atoms with Crippen LogP contribution in [0, 0.1) is 5.92 Å². The maximum Gasteiger partial charge on any atom is 0.315 e. The highest BCUT2D eigenvalue weighted by Gasteiger charge is 2.13. The molecule has 0 radical (unpaired) electrons. The van der Waals surface area contributed by atoms with Crippen molar-refractivity contribution in [3.8, 4) is 0 Å². The Morgan fingerprint density at radius 2 is 1.95 bits per heavy atom. The summed E-state index contributed by atoms with van der Waals surface area (Å²) in [5, 5.41) is 15.4. The quantitative estimate of drug-likeness (QED) is 0.678. The van der Waals surface area contributed by atoms with Crippen LogP contribution in [0.5, 0.6) is 0 Å². The molecular weight excluding hydrogens is 276 g/mol. The summed E-state index contributed by atoms with van der Waals surface area (Å²) in [5.74, 6) is 0.0508. The van der Waals surface area contributed by atoms with Crippen molar-refractivity contribution >= 4 is 17.6 Å². The fourth-order valence-corrected chi connectivity index (χ4v) is 1.83. The van der Waals surface area contributed by atoms with Crippen molar-refractivity contribution in [3.63, 3.8) is 0 Å². The van der Waals surface area contributed by atoms with Crippen molar-refractivity contribution in [2.45, 2.75) is 32.7 Å². The molecule has 0 bridgehead atoms. The molecule has 3 N–H and O–H groups in total. The van der Waals surface area contributed by atoms with Crippen molar-refractivity contribution in [1.82, 2.24) is 10.6 Å². The van der Waals surface area contributed by atoms with Crippen molar-refractivity contribution < 1.29 is 9.90 Å². The third-order valence-electron chi connectivity index (χ3n) is 3.34. The number of urea groups is 1. The third-order valence-corrected chi connectivity index (χ3v) is 3.59. The van der Waals surface area contributed by atoms with Crippen molar-refractivity contribution in [2.24, 2.45) is 5.92 Å². The van der Waals surface area contributed by atoms with Crippen LogP contribution in [0.1, 0.15) is 25.8 Å². The Morgan fingerprint density at radius 1 is 1.30 bits per heavy atom. The highest BCUT2D eigenvalue weighted by atomic mass is 35.5. The maximum atomic E-state index is 11.6. The molecule has 1 rings (SSSR count). The predicted octanol–water partition coefficient (Wildman–Crippen LogP) is 2.59. The summed E-state index contributed by atoms with van der Waals surface area (Å²) in [6.07, 6.45) is 1.78. The molecule has 112 valence electrons. The second-order valence-corrected chi connectivity index (χ2v) is 5.52. The number of aliphatic hydroxyl groups excluding tert-OH is 1. The van der Waals surface area contributed by atoms with Gasteiger partial charge in [0.05, 0.1) is 0 Å². The third kappa shape index (κ3) is 6.26. The summed E-state index contributed by atoms with van der Waals surface area (Å²) in [5.41, 5.74) is 1.21. The fourth-order valence-electron chi connectivity index (χ4n) is 1.70. The topological polar surface area (TPSA) is 61.4 Å². The number of hydrogen-bond donors (Lipinski definition) is 3. The molecule has 1 aromatic rings. The first kappa shape index (κ1) is 16.8. The van der Waals surface area contributed by atoms with Gasteiger partial charge in [-0.25, -0.2) is 4.79 Å². The number of carbonyl (C=O) groups is 1. The molecule has 5 heteroatoms. The number of amides is 2. The minimum absolute atomic E-state index is 0.0451. The van der Waals surface area contributed by atoms with E-state index in [-0.39, 0.29) is 24.6 Å². The predicted molar refractivity (Wildman–Crippen MR) is 82.0 cm³/mol. The molecule has 0 aliphatic rings. The smallest absolute Gasteiger partial charge is 0.315 e. The number of carbonyl (C=O) groups excluding carboxylic acids is 1. The molecule has 0 saturated carbocycles. The summed E-state index contributed by atoms with van der Waals surface area (Å²) >= 11 is 5.82. The number of rotatable bonds is 7. The lowest BCUT2D eigenvalue weighted by Crippen LogP contribution is -2.44. The van der Waals surface area contributed by atoms with E-state index < -0.39 is 0 Å². The molecule has 20 heavy (non-hydrogen) atoms. The van der Waals surface area contributed by atoms with Crippen molar-refractivity contribution in [2.75, 3.05) is 13.2 Å². The fraction of sp³-hybridized carbons (Fsp3) is 0.533. The van der Waals surface area contributed by atoms with Crippen LogP contribution >= 0.6 is 11.6 Å². The summed E-state index contributed by atoms with van der Waals surface area (Å²) < 4.78 is 0. The molecule has 0 heterocycles. The molecule has 0 spiro atoms. The molecule has 0 aliphatic heterocycles. The van der Waals surface area contributed by atoms with Gasteiger partial charge in [-0.2, -0.15) is 0 Å². The monoisotopic (exact) mass is 298 g/mol. The number of aryl methyl sites for hydroxylation is 1. The van der Waals surface area contributed by atoms with E-state index in [4.69, 9.17) is 16.7 Å². The lowest BCUT2D eigenvalue weighted by atomic mass is 10.1. The minimum atomic E-state index is -0.186. The number of aliphatic hydroxyl groups is 1. The van der Waals surface area contributed by atoms with Gasteiger partial charge in [-0.1, -0.05) is 30.7 Å². The van der Waals surface area contributed by atoms with Gasteiger partial charge in [0.1, 0.15) is 0 Å². The van der Waals surface area contributed by atoms with Crippen molar-refractivity contribution in [3.05, 3.63) is 34.9 Å². The second-order valence-electron chi connectivity index (χ2n) is 5.08. The van der Waals surface area contributed by atoms with Gasteiger partial charge < -0.3 is 15.7 Å². The largest absolute Gasteiger partial charge is 0.396 e. The number of halogens is 1. The molecule has 2 atom stereocenters. The highest BCUT2D eigenvalue weighted by molar-refractivity contribution is 6.30. The standard InChI is InChI=1S/C15H23ClN2O2/c1-11(10-19)12(2)18-15(20)17-9-3-4-13-5-7-14(16)8-6-13/h5-8,11-12,19H,3-4,9-10H2,1-2H3,(H2,17,18,20). The molecule has 1 aromatic carbocycles. The van der Waals surface area contributed by atoms with Gasteiger partial charge >= 0.3 is 6.03 Å². The van der Waals surface area contributed by atoms with E-state index in [1.807, 2.05) is 38.1 Å². The van der Waals surface area contributed by atoms with Gasteiger partial charge in [0.15, 0.2) is 0 Å². The van der Waals surface area contributed by atoms with Crippen LogP contribution in [0.2, 0.25) is 5.02 Å². The van der Waals surface area contributed by atoms with Crippen LogP contribution in [0.25, 0.3) is 0 Å². The lowest BCUT2D eigenvalue weighted by molar-refractivity contribution is 0.200. The second kappa shape index (κ2) is 8.82. The molecule has 0 fully saturated rings. The Bertz CT molecular complexity index is 409. The van der Waals surface area contributed by atoms with Gasteiger partial charge in [-0.3, -0.25) is 0 Å². The first-order chi connectivity index (χ1) is 9.52. The lowest BCUT2D eigenvalue weighted by Gasteiger charge is -2.19. The van der Waals surface area contributed by atoms with Gasteiger partial charge in [0, 0.05) is 24.2 Å². The Hall–Kier alpha value is -1.26. The molecule has 0 aromatic heterocycles. The number of nitrogens with one attached hydrogen (secondary N) is 2. The van der Waals surface area contributed by atoms with Gasteiger partial charge in [-0.15, -0.1) is 0 Å². The summed E-state index contributed by atoms with van der Waals surface area (Å²) in [4.78, 5) is 11.6. The van der Waals surface area contributed by atoms with E-state index >= 15 is 0 Å². The summed E-state index contributed by atoms with van der Waals surface area (Å²) in [7, 11) is 0. The summed E-state index contributed by atoms with van der Waals surface area (Å²) in [6, 6.07) is 7.50. The summed E-state index contributed by atoms with van der Waals surface area (Å²) in [6.45, 7) is 4.46. The van der Waals surface area contributed by atoms with E-state index in [1.54, 1.807) is 0 Å². The first-order valence-corrected chi connectivity index (χ1v) is 7.30. The zero-order chi connectivity index (χ0) is 15.0. The first-order valence-electron chi connectivity index (χ1n) is 6.92. The van der Waals surface area contributed by atoms with E-state index in [0.717, 1.165) is 17.9 Å². The van der Waals surface area contributed by atoms with Gasteiger partial charge in [0.2, 0.25) is 0 Å². The van der Waals surface area contributed by atoms with Crippen LogP contribution in [0.15, 0.2) is 24.3 Å². The SMILES string of the molecule is CC(CO)C(C)NC(=O)NCCCc1ccc(Cl)cc1. The molecule has 0 aliphatic carbocycles. The zero-order valence-electron chi connectivity index (χ0n) is 12.0. The number of hydrogen-bond acceptors (Lipinski definition) is 2. The minimum Gasteiger partial charge on any atom is -0.396 e. The van der Waals surface area contributed by atoms with E-state index in [9.17, 15) is 4.79 Å². The van der Waals surface area contributed by atoms with Crippen LogP contribution < -0.4 is 10.6 Å². The van der Waals surface area contributed by atoms with Crippen molar-refractivity contribution in [1.29, 1.82) is 0 Å². The molecule has 2 amide bonds. The molecule has 4 nitrogen and oxygen atoms in total. The Kier molecular flexibility index (Phi) is 7.41.